The van der Waals surface area contributed by atoms with Crippen molar-refractivity contribution in [1.82, 2.24) is 5.32 Å². The van der Waals surface area contributed by atoms with E-state index in [0.29, 0.717) is 6.42 Å². The zero-order valence-electron chi connectivity index (χ0n) is 11.7. The van der Waals surface area contributed by atoms with Crippen molar-refractivity contribution in [2.75, 3.05) is 12.0 Å². The number of carbonyl (C=O) groups excluding carboxylic acids is 1. The van der Waals surface area contributed by atoms with Crippen LogP contribution < -0.4 is 11.1 Å². The first-order valence-corrected chi connectivity index (χ1v) is 7.25. The van der Waals surface area contributed by atoms with E-state index in [1.165, 1.54) is 0 Å². The van der Waals surface area contributed by atoms with Crippen LogP contribution in [0.25, 0.3) is 0 Å². The van der Waals surface area contributed by atoms with Crippen LogP contribution in [0.5, 0.6) is 0 Å². The van der Waals surface area contributed by atoms with Crippen LogP contribution in [0.15, 0.2) is 0 Å². The zero-order chi connectivity index (χ0) is 14.6. The molecule has 0 unspecified atom stereocenters. The van der Waals surface area contributed by atoms with Crippen LogP contribution in [0.1, 0.15) is 34.1 Å². The van der Waals surface area contributed by atoms with Gasteiger partial charge in [-0.3, -0.25) is 9.59 Å². The number of carbonyl (C=O) groups is 2. The lowest BCUT2D eigenvalue weighted by Crippen LogP contribution is -2.59. The average Bonchev–Trinajstić information content (AvgIpc) is 2.24. The molecule has 0 saturated heterocycles. The second-order valence-corrected chi connectivity index (χ2v) is 6.42. The molecule has 0 rings (SSSR count). The van der Waals surface area contributed by atoms with E-state index >= 15 is 0 Å². The van der Waals surface area contributed by atoms with Crippen molar-refractivity contribution >= 4 is 23.6 Å². The number of aliphatic carboxylic acids is 1. The first-order chi connectivity index (χ1) is 8.06. The van der Waals surface area contributed by atoms with Crippen molar-refractivity contribution in [2.24, 2.45) is 11.1 Å². The number of hydrogen-bond acceptors (Lipinski definition) is 4. The van der Waals surface area contributed by atoms with Crippen molar-refractivity contribution in [1.29, 1.82) is 0 Å². The molecule has 4 N–H and O–H groups in total. The first kappa shape index (κ1) is 17.2. The summed E-state index contributed by atoms with van der Waals surface area (Å²) in [5.41, 5.74) is 3.82. The van der Waals surface area contributed by atoms with E-state index < -0.39 is 23.0 Å². The van der Waals surface area contributed by atoms with E-state index in [1.807, 2.05) is 6.26 Å². The number of carboxylic acids is 1. The van der Waals surface area contributed by atoms with Gasteiger partial charge in [-0.2, -0.15) is 11.8 Å². The Balaban J connectivity index is 4.67. The molecule has 18 heavy (non-hydrogen) atoms. The number of amides is 1. The molecule has 1 amide bonds. The fourth-order valence-electron chi connectivity index (χ4n) is 1.20. The average molecular weight is 276 g/mol. The molecule has 0 aromatic heterocycles. The van der Waals surface area contributed by atoms with Gasteiger partial charge >= 0.3 is 5.97 Å². The number of thioether (sulfide) groups is 1. The Morgan fingerprint density at radius 3 is 2.22 bits per heavy atom. The van der Waals surface area contributed by atoms with Gasteiger partial charge in [0.2, 0.25) is 5.91 Å². The normalized spacial score (nSPS) is 14.1. The van der Waals surface area contributed by atoms with Gasteiger partial charge in [0.25, 0.3) is 0 Å². The second-order valence-electron chi connectivity index (χ2n) is 5.43. The van der Waals surface area contributed by atoms with Gasteiger partial charge in [-0.15, -0.1) is 0 Å². The zero-order valence-corrected chi connectivity index (χ0v) is 12.6. The number of hydrogen-bond donors (Lipinski definition) is 3. The third-order valence-electron chi connectivity index (χ3n) is 3.50. The van der Waals surface area contributed by atoms with Gasteiger partial charge in [0.05, 0.1) is 17.0 Å². The van der Waals surface area contributed by atoms with E-state index in [2.05, 4.69) is 5.32 Å². The predicted octanol–water partition coefficient (Wildman–Crippen LogP) is 1.07. The summed E-state index contributed by atoms with van der Waals surface area (Å²) < 4.78 is 0. The Morgan fingerprint density at radius 1 is 1.33 bits per heavy atom. The van der Waals surface area contributed by atoms with Gasteiger partial charge in [-0.25, -0.2) is 0 Å². The minimum Gasteiger partial charge on any atom is -0.481 e. The Labute approximate surface area is 113 Å². The molecule has 0 aromatic rings. The fraction of sp³-hybridized carbons (Fsp3) is 0.833. The standard InChI is InChI=1S/C12H24N2O3S/c1-11(2,10(16)17)12(3,4)14-9(15)8(13)6-7-18-5/h8H,6-7,13H2,1-5H3,(H,14,15)(H,16,17)/t8-/m0/s1. The Kier molecular flexibility index (Phi) is 6.16. The molecule has 1 atom stereocenters. The van der Waals surface area contributed by atoms with E-state index in [0.717, 1.165) is 5.75 Å². The highest BCUT2D eigenvalue weighted by Crippen LogP contribution is 2.30. The third kappa shape index (κ3) is 4.17. The van der Waals surface area contributed by atoms with E-state index in [1.54, 1.807) is 39.5 Å². The summed E-state index contributed by atoms with van der Waals surface area (Å²) in [4.78, 5) is 23.1. The van der Waals surface area contributed by atoms with Crippen LogP contribution in [0.4, 0.5) is 0 Å². The van der Waals surface area contributed by atoms with E-state index in [-0.39, 0.29) is 5.91 Å². The quantitative estimate of drug-likeness (QED) is 0.647. The molecule has 0 aliphatic heterocycles. The fourth-order valence-corrected chi connectivity index (χ4v) is 1.69. The first-order valence-electron chi connectivity index (χ1n) is 5.86. The number of nitrogens with two attached hydrogens (primary N) is 1. The summed E-state index contributed by atoms with van der Waals surface area (Å²) in [7, 11) is 0. The van der Waals surface area contributed by atoms with Crippen LogP contribution in [-0.2, 0) is 9.59 Å². The van der Waals surface area contributed by atoms with Crippen LogP contribution in [0, 0.1) is 5.41 Å². The molecule has 0 aliphatic carbocycles. The topological polar surface area (TPSA) is 92.4 Å². The smallest absolute Gasteiger partial charge is 0.311 e. The molecule has 106 valence electrons. The molecule has 0 heterocycles. The van der Waals surface area contributed by atoms with E-state index in [9.17, 15) is 14.7 Å². The van der Waals surface area contributed by atoms with Crippen molar-refractivity contribution in [3.63, 3.8) is 0 Å². The molecule has 0 fully saturated rings. The summed E-state index contributed by atoms with van der Waals surface area (Å²) in [5.74, 6) is -0.453. The molecule has 0 aromatic carbocycles. The Hall–Kier alpha value is -0.750. The molecule has 5 nitrogen and oxygen atoms in total. The van der Waals surface area contributed by atoms with Crippen LogP contribution in [0.2, 0.25) is 0 Å². The molecule has 6 heteroatoms. The van der Waals surface area contributed by atoms with Gasteiger partial charge in [0.15, 0.2) is 0 Å². The SMILES string of the molecule is CSCC[C@H](N)C(=O)NC(C)(C)C(C)(C)C(=O)O. The lowest BCUT2D eigenvalue weighted by molar-refractivity contribution is -0.151. The molecule has 0 aliphatic rings. The summed E-state index contributed by atoms with van der Waals surface area (Å²) in [6.07, 6.45) is 2.53. The number of carboxylic acid groups (broad SMARTS) is 1. The Bertz CT molecular complexity index is 316. The molecule has 0 saturated carbocycles. The molecule has 0 bridgehead atoms. The van der Waals surface area contributed by atoms with Gasteiger partial charge in [0.1, 0.15) is 0 Å². The largest absolute Gasteiger partial charge is 0.481 e. The minimum absolute atomic E-state index is 0.302. The summed E-state index contributed by atoms with van der Waals surface area (Å²) in [6, 6.07) is -0.596. The lowest BCUT2D eigenvalue weighted by Gasteiger charge is -2.39. The maximum absolute atomic E-state index is 11.9. The highest BCUT2D eigenvalue weighted by molar-refractivity contribution is 7.98. The molecular weight excluding hydrogens is 252 g/mol. The molecule has 0 radical (unpaired) electrons. The maximum atomic E-state index is 11.9. The lowest BCUT2D eigenvalue weighted by atomic mass is 9.74. The second kappa shape index (κ2) is 6.43. The summed E-state index contributed by atoms with van der Waals surface area (Å²) in [6.45, 7) is 6.56. The van der Waals surface area contributed by atoms with Gasteiger partial charge in [0, 0.05) is 0 Å². The third-order valence-corrected chi connectivity index (χ3v) is 4.15. The predicted molar refractivity (Wildman–Crippen MR) is 74.6 cm³/mol. The van der Waals surface area contributed by atoms with Crippen LogP contribution in [0.3, 0.4) is 0 Å². The number of rotatable bonds is 7. The van der Waals surface area contributed by atoms with Crippen LogP contribution in [-0.4, -0.2) is 40.6 Å². The van der Waals surface area contributed by atoms with Gasteiger partial charge in [-0.05, 0) is 46.1 Å². The molecule has 0 spiro atoms. The van der Waals surface area contributed by atoms with Crippen molar-refractivity contribution < 1.29 is 14.7 Å². The minimum atomic E-state index is -1.07. The van der Waals surface area contributed by atoms with Crippen molar-refractivity contribution in [2.45, 2.75) is 45.7 Å². The molecular formula is C12H24N2O3S. The van der Waals surface area contributed by atoms with Crippen molar-refractivity contribution in [3.8, 4) is 0 Å². The summed E-state index contributed by atoms with van der Waals surface area (Å²) in [5, 5.41) is 11.9. The van der Waals surface area contributed by atoms with E-state index in [4.69, 9.17) is 5.73 Å². The summed E-state index contributed by atoms with van der Waals surface area (Å²) >= 11 is 1.62. The highest BCUT2D eigenvalue weighted by atomic mass is 32.2. The van der Waals surface area contributed by atoms with Crippen LogP contribution >= 0.6 is 11.8 Å². The maximum Gasteiger partial charge on any atom is 0.311 e. The monoisotopic (exact) mass is 276 g/mol. The van der Waals surface area contributed by atoms with Crippen molar-refractivity contribution in [3.05, 3.63) is 0 Å². The highest BCUT2D eigenvalue weighted by Gasteiger charge is 2.44. The van der Waals surface area contributed by atoms with Gasteiger partial charge in [-0.1, -0.05) is 0 Å². The van der Waals surface area contributed by atoms with Gasteiger partial charge < -0.3 is 16.2 Å². The number of nitrogens with one attached hydrogen (secondary N) is 1. The Morgan fingerprint density at radius 2 is 1.83 bits per heavy atom.